The van der Waals surface area contributed by atoms with Crippen molar-refractivity contribution in [3.05, 3.63) is 89.4 Å². The molecule has 4 aromatic rings. The first-order chi connectivity index (χ1) is 24.3. The number of piperidine rings is 1. The maximum atomic E-state index is 15.6. The predicted octanol–water partition coefficient (Wildman–Crippen LogP) is 5.52. The first kappa shape index (κ1) is 33.2. The van der Waals surface area contributed by atoms with E-state index in [0.29, 0.717) is 61.5 Å². The normalized spacial score (nSPS) is 20.3. The summed E-state index contributed by atoms with van der Waals surface area (Å²) < 4.78 is 36.1. The van der Waals surface area contributed by atoms with E-state index in [9.17, 15) is 14.4 Å². The Bertz CT molecular complexity index is 1820. The van der Waals surface area contributed by atoms with E-state index in [1.807, 2.05) is 12.3 Å². The second kappa shape index (κ2) is 14.3. The standard InChI is InChI=1S/C36H40F2N8O4/c1-50-36(49)43-31(23-7-3-2-4-8-23)35(48)46-14-6-10-30(46)34-40-20-28(42-34)24-17-25(37)32(26(38)18-24)44-15-11-22(12-16-44)27-19-39-33(41-27)29-9-5-13-45(29)21-47/h2-4,7-8,17-22,29-31H,5-6,9-16H2,1H3,(H,39,41)(H,40,42)(H,43,49). The molecule has 3 amide bonds. The van der Waals surface area contributed by atoms with Crippen molar-refractivity contribution in [2.24, 2.45) is 0 Å². The van der Waals surface area contributed by atoms with Crippen LogP contribution in [-0.2, 0) is 14.3 Å². The molecule has 12 nitrogen and oxygen atoms in total. The van der Waals surface area contributed by atoms with E-state index in [2.05, 4.69) is 25.3 Å². The maximum Gasteiger partial charge on any atom is 0.407 e. The summed E-state index contributed by atoms with van der Waals surface area (Å²) in [7, 11) is 1.24. The number of anilines is 1. The number of imidazole rings is 2. The van der Waals surface area contributed by atoms with Gasteiger partial charge in [0.05, 0.1) is 31.1 Å². The van der Waals surface area contributed by atoms with Gasteiger partial charge in [-0.15, -0.1) is 0 Å². The van der Waals surface area contributed by atoms with Crippen LogP contribution in [0.25, 0.3) is 11.3 Å². The van der Waals surface area contributed by atoms with Crippen LogP contribution in [0.3, 0.4) is 0 Å². The topological polar surface area (TPSA) is 140 Å². The van der Waals surface area contributed by atoms with Gasteiger partial charge >= 0.3 is 6.09 Å². The molecule has 5 heterocycles. The number of nitrogens with zero attached hydrogens (tertiary/aromatic N) is 5. The lowest BCUT2D eigenvalue weighted by molar-refractivity contribution is -0.134. The van der Waals surface area contributed by atoms with Gasteiger partial charge in [-0.05, 0) is 56.2 Å². The number of hydrogen-bond donors (Lipinski definition) is 3. The van der Waals surface area contributed by atoms with E-state index >= 15 is 8.78 Å². The largest absolute Gasteiger partial charge is 0.453 e. The number of H-pyrrole nitrogens is 2. The van der Waals surface area contributed by atoms with Gasteiger partial charge in [0.15, 0.2) is 0 Å². The number of carbonyl (C=O) groups excluding carboxylic acids is 3. The van der Waals surface area contributed by atoms with Crippen LogP contribution in [0.2, 0.25) is 0 Å². The smallest absolute Gasteiger partial charge is 0.407 e. The van der Waals surface area contributed by atoms with E-state index < -0.39 is 29.8 Å². The van der Waals surface area contributed by atoms with Crippen molar-refractivity contribution < 1.29 is 27.9 Å². The number of amides is 3. The second-order valence-corrected chi connectivity index (χ2v) is 13.1. The van der Waals surface area contributed by atoms with Crippen LogP contribution in [0, 0.1) is 11.6 Å². The minimum absolute atomic E-state index is 0.0316. The van der Waals surface area contributed by atoms with Gasteiger partial charge in [-0.1, -0.05) is 30.3 Å². The number of likely N-dealkylation sites (tertiary alicyclic amines) is 2. The molecule has 0 spiro atoms. The van der Waals surface area contributed by atoms with Gasteiger partial charge in [-0.3, -0.25) is 9.59 Å². The lowest BCUT2D eigenvalue weighted by atomic mass is 9.93. The third-order valence-corrected chi connectivity index (χ3v) is 10.2. The number of alkyl carbamates (subject to hydrolysis) is 1. The summed E-state index contributed by atoms with van der Waals surface area (Å²) in [6.07, 6.45) is 8.08. The molecule has 3 N–H and O–H groups in total. The minimum Gasteiger partial charge on any atom is -0.453 e. The zero-order valence-corrected chi connectivity index (χ0v) is 27.8. The Morgan fingerprint density at radius 1 is 0.920 bits per heavy atom. The number of nitrogens with one attached hydrogen (secondary N) is 3. The monoisotopic (exact) mass is 686 g/mol. The van der Waals surface area contributed by atoms with Crippen molar-refractivity contribution in [3.8, 4) is 11.3 Å². The molecule has 7 rings (SSSR count). The molecule has 2 aromatic carbocycles. The van der Waals surface area contributed by atoms with E-state index in [4.69, 9.17) is 4.74 Å². The summed E-state index contributed by atoms with van der Waals surface area (Å²) in [5, 5.41) is 2.65. The zero-order chi connectivity index (χ0) is 34.8. The Morgan fingerprint density at radius 3 is 2.32 bits per heavy atom. The quantitative estimate of drug-likeness (QED) is 0.197. The molecule has 0 bridgehead atoms. The minimum atomic E-state index is -0.956. The molecule has 0 aliphatic carbocycles. The molecular formula is C36H40F2N8O4. The average molecular weight is 687 g/mol. The predicted molar refractivity (Wildman–Crippen MR) is 180 cm³/mol. The number of ether oxygens (including phenoxy) is 1. The first-order valence-corrected chi connectivity index (χ1v) is 17.1. The number of hydrogen-bond acceptors (Lipinski definition) is 7. The van der Waals surface area contributed by atoms with Crippen molar-refractivity contribution in [2.75, 3.05) is 38.2 Å². The summed E-state index contributed by atoms with van der Waals surface area (Å²) in [5.41, 5.74) is 2.29. The van der Waals surface area contributed by atoms with Crippen molar-refractivity contribution in [1.29, 1.82) is 0 Å². The van der Waals surface area contributed by atoms with E-state index in [1.54, 1.807) is 39.0 Å². The summed E-state index contributed by atoms with van der Waals surface area (Å²) in [5.74, 6) is -0.165. The number of halogens is 2. The molecule has 3 fully saturated rings. The number of benzene rings is 2. The van der Waals surface area contributed by atoms with Gasteiger partial charge in [0.2, 0.25) is 6.41 Å². The van der Waals surface area contributed by atoms with E-state index in [0.717, 1.165) is 43.7 Å². The van der Waals surface area contributed by atoms with Crippen molar-refractivity contribution in [1.82, 2.24) is 35.1 Å². The number of aromatic nitrogens is 4. The van der Waals surface area contributed by atoms with E-state index in [1.165, 1.54) is 25.4 Å². The number of carbonyl (C=O) groups is 3. The Hall–Kier alpha value is -5.27. The highest BCUT2D eigenvalue weighted by atomic mass is 19.1. The number of methoxy groups -OCH3 is 1. The highest BCUT2D eigenvalue weighted by Gasteiger charge is 2.37. The number of aromatic amines is 2. The summed E-state index contributed by atoms with van der Waals surface area (Å²) in [6, 6.07) is 10.2. The van der Waals surface area contributed by atoms with Crippen molar-refractivity contribution >= 4 is 24.1 Å². The summed E-state index contributed by atoms with van der Waals surface area (Å²) in [6.45, 7) is 2.14. The first-order valence-electron chi connectivity index (χ1n) is 17.1. The molecule has 3 atom stereocenters. The van der Waals surface area contributed by atoms with E-state index in [-0.39, 0.29) is 23.6 Å². The van der Waals surface area contributed by atoms with Gasteiger partial charge in [0.25, 0.3) is 5.91 Å². The fourth-order valence-corrected chi connectivity index (χ4v) is 7.62. The van der Waals surface area contributed by atoms with Crippen LogP contribution >= 0.6 is 0 Å². The third-order valence-electron chi connectivity index (χ3n) is 10.2. The van der Waals surface area contributed by atoms with Crippen molar-refractivity contribution in [3.63, 3.8) is 0 Å². The van der Waals surface area contributed by atoms with Gasteiger partial charge in [-0.25, -0.2) is 23.5 Å². The lowest BCUT2D eigenvalue weighted by Crippen LogP contribution is -2.42. The molecule has 2 aromatic heterocycles. The fourth-order valence-electron chi connectivity index (χ4n) is 7.62. The lowest BCUT2D eigenvalue weighted by Gasteiger charge is -2.33. The van der Waals surface area contributed by atoms with Gasteiger partial charge in [0.1, 0.15) is 35.0 Å². The van der Waals surface area contributed by atoms with Crippen LogP contribution in [-0.4, -0.2) is 81.4 Å². The fraction of sp³-hybridized carbons (Fsp3) is 0.417. The summed E-state index contributed by atoms with van der Waals surface area (Å²) in [4.78, 5) is 58.2. The van der Waals surface area contributed by atoms with Crippen LogP contribution in [0.1, 0.15) is 85.5 Å². The Kier molecular flexibility index (Phi) is 9.50. The molecule has 14 heteroatoms. The van der Waals surface area contributed by atoms with Crippen molar-refractivity contribution in [2.45, 2.75) is 62.6 Å². The third kappa shape index (κ3) is 6.53. The Balaban J connectivity index is 1.03. The van der Waals surface area contributed by atoms with Crippen LogP contribution in [0.5, 0.6) is 0 Å². The molecule has 0 saturated carbocycles. The molecule has 3 aliphatic heterocycles. The van der Waals surface area contributed by atoms with Crippen LogP contribution in [0.15, 0.2) is 54.9 Å². The van der Waals surface area contributed by atoms with Crippen LogP contribution < -0.4 is 10.2 Å². The molecule has 3 aliphatic rings. The van der Waals surface area contributed by atoms with Crippen LogP contribution in [0.4, 0.5) is 19.3 Å². The molecule has 262 valence electrons. The maximum absolute atomic E-state index is 15.6. The number of rotatable bonds is 9. The Labute approximate surface area is 288 Å². The molecule has 50 heavy (non-hydrogen) atoms. The highest BCUT2D eigenvalue weighted by molar-refractivity contribution is 5.87. The zero-order valence-electron chi connectivity index (χ0n) is 27.8. The van der Waals surface area contributed by atoms with Gasteiger partial charge in [0, 0.05) is 49.6 Å². The molecule has 3 saturated heterocycles. The SMILES string of the molecule is COC(=O)NC(C(=O)N1CCCC1c1ncc(-c2cc(F)c(N3CCC(c4cnc(C5CCCN5C=O)[nH]4)CC3)c(F)c2)[nH]1)c1ccccc1. The van der Waals surface area contributed by atoms with Gasteiger partial charge < -0.3 is 34.7 Å². The van der Waals surface area contributed by atoms with Gasteiger partial charge in [-0.2, -0.15) is 0 Å². The summed E-state index contributed by atoms with van der Waals surface area (Å²) >= 11 is 0. The second-order valence-electron chi connectivity index (χ2n) is 13.1. The molecule has 3 unspecified atom stereocenters. The molecular weight excluding hydrogens is 646 g/mol. The highest BCUT2D eigenvalue weighted by Crippen LogP contribution is 2.37. The average Bonchev–Trinajstić information content (AvgIpc) is 3.97. The Morgan fingerprint density at radius 2 is 1.60 bits per heavy atom. The molecule has 0 radical (unpaired) electrons.